The van der Waals surface area contributed by atoms with Crippen molar-refractivity contribution in [3.05, 3.63) is 24.3 Å². The molecule has 0 spiro atoms. The first-order valence-corrected chi connectivity index (χ1v) is 7.33. The summed E-state index contributed by atoms with van der Waals surface area (Å²) in [7, 11) is 0. The van der Waals surface area contributed by atoms with Crippen LogP contribution in [0.5, 0.6) is 11.5 Å². The Morgan fingerprint density at radius 3 is 2.14 bits per heavy atom. The molecule has 21 heavy (non-hydrogen) atoms. The largest absolute Gasteiger partial charge is 0.494 e. The molecule has 1 atom stereocenters. The van der Waals surface area contributed by atoms with Crippen LogP contribution < -0.4 is 15.2 Å². The minimum Gasteiger partial charge on any atom is -0.494 e. The third-order valence-corrected chi connectivity index (χ3v) is 3.14. The molecular weight excluding hydrogens is 270 g/mol. The van der Waals surface area contributed by atoms with Gasteiger partial charge in [0.05, 0.1) is 13.2 Å². The van der Waals surface area contributed by atoms with Gasteiger partial charge in [-0.15, -0.1) is 0 Å². The summed E-state index contributed by atoms with van der Waals surface area (Å²) < 4.78 is 11.1. The molecular formula is C16H25NO4. The zero-order chi connectivity index (χ0) is 15.7. The summed E-state index contributed by atoms with van der Waals surface area (Å²) in [5.74, 6) is 0.656. The van der Waals surface area contributed by atoms with Gasteiger partial charge in [0.2, 0.25) is 0 Å². The molecule has 0 fully saturated rings. The molecule has 1 unspecified atom stereocenters. The molecule has 0 heterocycles. The summed E-state index contributed by atoms with van der Waals surface area (Å²) in [5.41, 5.74) is 4.50. The summed E-state index contributed by atoms with van der Waals surface area (Å²) in [4.78, 5) is 10.8. The number of carbonyl (C=O) groups is 1. The van der Waals surface area contributed by atoms with Crippen molar-refractivity contribution < 1.29 is 19.4 Å². The molecule has 5 nitrogen and oxygen atoms in total. The number of carboxylic acid groups (broad SMARTS) is 1. The van der Waals surface area contributed by atoms with Crippen LogP contribution in [0.4, 0.5) is 0 Å². The minimum atomic E-state index is -1.15. The van der Waals surface area contributed by atoms with Gasteiger partial charge in [0.1, 0.15) is 17.0 Å². The van der Waals surface area contributed by atoms with E-state index in [4.69, 9.17) is 20.3 Å². The molecule has 0 aromatic heterocycles. The van der Waals surface area contributed by atoms with Gasteiger partial charge < -0.3 is 20.3 Å². The van der Waals surface area contributed by atoms with E-state index < -0.39 is 11.5 Å². The van der Waals surface area contributed by atoms with Crippen molar-refractivity contribution in [2.45, 2.75) is 45.1 Å². The number of carboxylic acids is 1. The fraction of sp³-hybridized carbons (Fsp3) is 0.562. The van der Waals surface area contributed by atoms with Crippen molar-refractivity contribution in [3.8, 4) is 11.5 Å². The van der Waals surface area contributed by atoms with E-state index in [-0.39, 0.29) is 0 Å². The number of aliphatic carboxylic acids is 1. The lowest BCUT2D eigenvalue weighted by atomic mass is 9.97. The molecule has 1 rings (SSSR count). The maximum absolute atomic E-state index is 10.8. The second kappa shape index (κ2) is 8.52. The Labute approximate surface area is 126 Å². The topological polar surface area (TPSA) is 81.8 Å². The van der Waals surface area contributed by atoms with E-state index in [2.05, 4.69) is 6.92 Å². The third-order valence-electron chi connectivity index (χ3n) is 3.14. The monoisotopic (exact) mass is 295 g/mol. The molecule has 1 aromatic carbocycles. The van der Waals surface area contributed by atoms with Crippen LogP contribution in [0.15, 0.2) is 24.3 Å². The predicted molar refractivity (Wildman–Crippen MR) is 81.8 cm³/mol. The van der Waals surface area contributed by atoms with Gasteiger partial charge in [-0.3, -0.25) is 4.79 Å². The first-order chi connectivity index (χ1) is 9.95. The highest BCUT2D eigenvalue weighted by Gasteiger charge is 2.26. The lowest BCUT2D eigenvalue weighted by Gasteiger charge is -2.18. The zero-order valence-electron chi connectivity index (χ0n) is 12.8. The van der Waals surface area contributed by atoms with E-state index in [1.807, 2.05) is 24.3 Å². The smallest absolute Gasteiger partial charge is 0.323 e. The van der Waals surface area contributed by atoms with E-state index in [1.165, 1.54) is 6.92 Å². The van der Waals surface area contributed by atoms with Crippen LogP contribution in [-0.4, -0.2) is 29.8 Å². The summed E-state index contributed by atoms with van der Waals surface area (Å²) in [6.45, 7) is 4.85. The third kappa shape index (κ3) is 6.49. The summed E-state index contributed by atoms with van der Waals surface area (Å²) in [5, 5.41) is 8.90. The van der Waals surface area contributed by atoms with E-state index >= 15 is 0 Å². The maximum Gasteiger partial charge on any atom is 0.323 e. The van der Waals surface area contributed by atoms with Crippen LogP contribution in [0.1, 0.15) is 39.5 Å². The standard InChI is InChI=1S/C16H25NO4/c1-3-11-20-13-6-8-14(9-7-13)21-12-5-4-10-16(2,17)15(18)19/h6-9H,3-5,10-12,17H2,1-2H3,(H,18,19). The predicted octanol–water partition coefficient (Wildman–Crippen LogP) is 2.83. The lowest BCUT2D eigenvalue weighted by molar-refractivity contribution is -0.142. The van der Waals surface area contributed by atoms with Crippen LogP contribution in [-0.2, 0) is 4.79 Å². The molecule has 0 aliphatic carbocycles. The fourth-order valence-electron chi connectivity index (χ4n) is 1.74. The quantitative estimate of drug-likeness (QED) is 0.649. The van der Waals surface area contributed by atoms with Crippen molar-refractivity contribution in [2.75, 3.05) is 13.2 Å². The van der Waals surface area contributed by atoms with Crippen LogP contribution >= 0.6 is 0 Å². The highest BCUT2D eigenvalue weighted by molar-refractivity contribution is 5.77. The molecule has 118 valence electrons. The molecule has 0 aliphatic heterocycles. The minimum absolute atomic E-state index is 0.440. The zero-order valence-corrected chi connectivity index (χ0v) is 12.8. The molecule has 0 aliphatic rings. The van der Waals surface area contributed by atoms with Crippen LogP contribution in [0.25, 0.3) is 0 Å². The number of unbranched alkanes of at least 4 members (excludes halogenated alkanes) is 1. The van der Waals surface area contributed by atoms with E-state index in [0.29, 0.717) is 19.6 Å². The number of benzene rings is 1. The number of ether oxygens (including phenoxy) is 2. The average Bonchev–Trinajstić information content (AvgIpc) is 2.45. The highest BCUT2D eigenvalue weighted by atomic mass is 16.5. The van der Waals surface area contributed by atoms with Crippen molar-refractivity contribution in [2.24, 2.45) is 5.73 Å². The van der Waals surface area contributed by atoms with Gasteiger partial charge in [0.15, 0.2) is 0 Å². The fourth-order valence-corrected chi connectivity index (χ4v) is 1.74. The van der Waals surface area contributed by atoms with E-state index in [9.17, 15) is 4.79 Å². The molecule has 0 amide bonds. The van der Waals surface area contributed by atoms with Gasteiger partial charge in [-0.05, 0) is 56.9 Å². The molecule has 0 radical (unpaired) electrons. The summed E-state index contributed by atoms with van der Waals surface area (Å²) in [6.07, 6.45) is 2.91. The van der Waals surface area contributed by atoms with Gasteiger partial charge in [-0.25, -0.2) is 0 Å². The Morgan fingerprint density at radius 1 is 1.14 bits per heavy atom. The molecule has 1 aromatic rings. The Balaban J connectivity index is 2.22. The van der Waals surface area contributed by atoms with E-state index in [0.717, 1.165) is 30.8 Å². The van der Waals surface area contributed by atoms with Gasteiger partial charge >= 0.3 is 5.97 Å². The molecule has 0 saturated heterocycles. The first-order valence-electron chi connectivity index (χ1n) is 7.33. The van der Waals surface area contributed by atoms with Crippen molar-refractivity contribution in [3.63, 3.8) is 0 Å². The lowest BCUT2D eigenvalue weighted by Crippen LogP contribution is -2.44. The number of nitrogens with two attached hydrogens (primary N) is 1. The second-order valence-corrected chi connectivity index (χ2v) is 5.35. The van der Waals surface area contributed by atoms with E-state index in [1.54, 1.807) is 0 Å². The summed E-state index contributed by atoms with van der Waals surface area (Å²) in [6, 6.07) is 7.50. The van der Waals surface area contributed by atoms with Crippen molar-refractivity contribution >= 4 is 5.97 Å². The Morgan fingerprint density at radius 2 is 1.67 bits per heavy atom. The Hall–Kier alpha value is -1.75. The second-order valence-electron chi connectivity index (χ2n) is 5.35. The normalized spacial score (nSPS) is 13.5. The Bertz CT molecular complexity index is 428. The van der Waals surface area contributed by atoms with Gasteiger partial charge in [-0.1, -0.05) is 6.92 Å². The number of hydrogen-bond donors (Lipinski definition) is 2. The van der Waals surface area contributed by atoms with Crippen molar-refractivity contribution in [1.82, 2.24) is 0 Å². The Kier molecular flexibility index (Phi) is 7.02. The average molecular weight is 295 g/mol. The van der Waals surface area contributed by atoms with Crippen LogP contribution in [0.2, 0.25) is 0 Å². The van der Waals surface area contributed by atoms with Gasteiger partial charge in [0, 0.05) is 0 Å². The van der Waals surface area contributed by atoms with Gasteiger partial charge in [-0.2, -0.15) is 0 Å². The maximum atomic E-state index is 10.8. The molecule has 0 saturated carbocycles. The number of hydrogen-bond acceptors (Lipinski definition) is 4. The van der Waals surface area contributed by atoms with Crippen molar-refractivity contribution in [1.29, 1.82) is 0 Å². The molecule has 3 N–H and O–H groups in total. The summed E-state index contributed by atoms with van der Waals surface area (Å²) >= 11 is 0. The molecule has 0 bridgehead atoms. The van der Waals surface area contributed by atoms with Crippen LogP contribution in [0, 0.1) is 0 Å². The van der Waals surface area contributed by atoms with Crippen LogP contribution in [0.3, 0.4) is 0 Å². The highest BCUT2D eigenvalue weighted by Crippen LogP contribution is 2.18. The first kappa shape index (κ1) is 17.3. The number of rotatable bonds is 10. The molecule has 5 heteroatoms. The SMILES string of the molecule is CCCOc1ccc(OCCCCC(C)(N)C(=O)O)cc1. The van der Waals surface area contributed by atoms with Gasteiger partial charge in [0.25, 0.3) is 0 Å².